The second-order valence-electron chi connectivity index (χ2n) is 2.47. The molecule has 1 rings (SSSR count). The number of aromatic nitrogens is 1. The molecule has 0 amide bonds. The maximum atomic E-state index is 10.6. The van der Waals surface area contributed by atoms with E-state index < -0.39 is 5.03 Å². The van der Waals surface area contributed by atoms with Gasteiger partial charge >= 0.3 is 0 Å². The van der Waals surface area contributed by atoms with E-state index in [0.29, 0.717) is 13.8 Å². The molecular weight excluding hydrogens is 286 g/mol. The molecule has 9 heteroatoms. The maximum absolute atomic E-state index is 10.6. The van der Waals surface area contributed by atoms with Crippen molar-refractivity contribution >= 4 is 33.2 Å². The monoisotopic (exact) mass is 293 g/mol. The first-order valence-corrected chi connectivity index (χ1v) is 5.44. The Morgan fingerprint density at radius 2 is 2.60 bits per heavy atom. The molecular formula is C6H8BrN5O2S. The SMILES string of the molecule is CNC(=N)N(Cc1cnc(Br)s1)[N+](=O)[O-]. The third kappa shape index (κ3) is 3.13. The van der Waals surface area contributed by atoms with Crippen LogP contribution in [0.25, 0.3) is 0 Å². The Hall–Kier alpha value is -1.22. The maximum Gasteiger partial charge on any atom is 0.254 e. The Kier molecular flexibility index (Phi) is 3.97. The minimum Gasteiger partial charge on any atom is -0.355 e. The smallest absolute Gasteiger partial charge is 0.254 e. The van der Waals surface area contributed by atoms with E-state index in [9.17, 15) is 10.1 Å². The minimum atomic E-state index is -0.632. The van der Waals surface area contributed by atoms with Crippen LogP contribution in [-0.4, -0.2) is 28.0 Å². The standard InChI is InChI=1S/C6H8BrN5O2S/c1-9-6(8)11(12(13)14)3-4-2-10-5(7)15-4/h2H,3H2,1H3,(H2,8,9). The predicted molar refractivity (Wildman–Crippen MR) is 59.1 cm³/mol. The van der Waals surface area contributed by atoms with E-state index in [0.717, 1.165) is 0 Å². The van der Waals surface area contributed by atoms with Crippen LogP contribution in [0.2, 0.25) is 0 Å². The van der Waals surface area contributed by atoms with Crippen LogP contribution in [0.15, 0.2) is 10.1 Å². The number of halogens is 1. The van der Waals surface area contributed by atoms with Gasteiger partial charge in [0.15, 0.2) is 8.95 Å². The van der Waals surface area contributed by atoms with Crippen LogP contribution in [0.3, 0.4) is 0 Å². The summed E-state index contributed by atoms with van der Waals surface area (Å²) in [7, 11) is 1.46. The first-order valence-electron chi connectivity index (χ1n) is 3.83. The van der Waals surface area contributed by atoms with E-state index in [4.69, 9.17) is 5.41 Å². The predicted octanol–water partition coefficient (Wildman–Crippen LogP) is 1.05. The van der Waals surface area contributed by atoms with E-state index in [1.54, 1.807) is 0 Å². The molecule has 0 aromatic carbocycles. The van der Waals surface area contributed by atoms with Crippen molar-refractivity contribution < 1.29 is 5.03 Å². The second-order valence-corrected chi connectivity index (χ2v) is 4.86. The molecule has 15 heavy (non-hydrogen) atoms. The average molecular weight is 294 g/mol. The topological polar surface area (TPSA) is 95.2 Å². The molecule has 0 spiro atoms. The molecule has 1 heterocycles. The molecule has 1 aromatic rings. The summed E-state index contributed by atoms with van der Waals surface area (Å²) in [6, 6.07) is 0. The Morgan fingerprint density at radius 3 is 3.00 bits per heavy atom. The molecule has 0 unspecified atom stereocenters. The van der Waals surface area contributed by atoms with Gasteiger partial charge in [-0.2, -0.15) is 0 Å². The summed E-state index contributed by atoms with van der Waals surface area (Å²) in [6.45, 7) is 0.0238. The Morgan fingerprint density at radius 1 is 1.93 bits per heavy atom. The number of hydrogen-bond acceptors (Lipinski definition) is 5. The van der Waals surface area contributed by atoms with Gasteiger partial charge in [-0.05, 0) is 15.9 Å². The van der Waals surface area contributed by atoms with Gasteiger partial charge in [0.2, 0.25) is 0 Å². The van der Waals surface area contributed by atoms with Crippen molar-refractivity contribution in [3.05, 3.63) is 25.1 Å². The summed E-state index contributed by atoms with van der Waals surface area (Å²) in [5, 5.41) is 20.5. The summed E-state index contributed by atoms with van der Waals surface area (Å²) >= 11 is 4.46. The molecule has 0 saturated heterocycles. The van der Waals surface area contributed by atoms with Crippen LogP contribution in [0.1, 0.15) is 4.88 Å². The Bertz CT molecular complexity index is 381. The summed E-state index contributed by atoms with van der Waals surface area (Å²) in [5.41, 5.74) is 0. The lowest BCUT2D eigenvalue weighted by molar-refractivity contribution is -0.633. The molecule has 1 aromatic heterocycles. The Balaban J connectivity index is 2.75. The molecule has 0 aliphatic carbocycles. The minimum absolute atomic E-state index is 0.0238. The zero-order valence-electron chi connectivity index (χ0n) is 7.73. The van der Waals surface area contributed by atoms with Crippen molar-refractivity contribution in [3.8, 4) is 0 Å². The lowest BCUT2D eigenvalue weighted by Gasteiger charge is -2.12. The molecule has 0 saturated carbocycles. The number of hydrazine groups is 1. The second kappa shape index (κ2) is 5.03. The van der Waals surface area contributed by atoms with Gasteiger partial charge in [-0.15, -0.1) is 11.3 Å². The number of guanidine groups is 1. The van der Waals surface area contributed by atoms with Crippen molar-refractivity contribution in [2.75, 3.05) is 7.05 Å². The third-order valence-electron chi connectivity index (χ3n) is 1.52. The summed E-state index contributed by atoms with van der Waals surface area (Å²) < 4.78 is 0.664. The zero-order valence-corrected chi connectivity index (χ0v) is 10.1. The van der Waals surface area contributed by atoms with Crippen LogP contribution in [-0.2, 0) is 6.54 Å². The van der Waals surface area contributed by atoms with Crippen LogP contribution >= 0.6 is 27.3 Å². The molecule has 0 radical (unpaired) electrons. The van der Waals surface area contributed by atoms with Gasteiger partial charge in [0.25, 0.3) is 5.96 Å². The van der Waals surface area contributed by atoms with Crippen molar-refractivity contribution in [2.24, 2.45) is 0 Å². The molecule has 2 N–H and O–H groups in total. The first-order chi connectivity index (χ1) is 7.04. The van der Waals surface area contributed by atoms with E-state index >= 15 is 0 Å². The van der Waals surface area contributed by atoms with Gasteiger partial charge in [0, 0.05) is 13.2 Å². The zero-order chi connectivity index (χ0) is 11.4. The van der Waals surface area contributed by atoms with Crippen molar-refractivity contribution in [3.63, 3.8) is 0 Å². The van der Waals surface area contributed by atoms with E-state index in [1.165, 1.54) is 24.6 Å². The summed E-state index contributed by atoms with van der Waals surface area (Å²) in [4.78, 5) is 15.3. The Labute approximate surface area is 97.9 Å². The van der Waals surface area contributed by atoms with E-state index in [2.05, 4.69) is 26.2 Å². The number of nitrogens with one attached hydrogen (secondary N) is 2. The van der Waals surface area contributed by atoms with Gasteiger partial charge in [0.1, 0.15) is 6.54 Å². The molecule has 0 fully saturated rings. The highest BCUT2D eigenvalue weighted by atomic mass is 79.9. The fourth-order valence-corrected chi connectivity index (χ4v) is 2.19. The number of rotatable bonds is 3. The van der Waals surface area contributed by atoms with Crippen LogP contribution in [0.5, 0.6) is 0 Å². The summed E-state index contributed by atoms with van der Waals surface area (Å²) in [6.07, 6.45) is 1.54. The lowest BCUT2D eigenvalue weighted by Crippen LogP contribution is -2.41. The van der Waals surface area contributed by atoms with Crippen LogP contribution in [0.4, 0.5) is 0 Å². The summed E-state index contributed by atoms with van der Waals surface area (Å²) in [5.74, 6) is -0.260. The molecule has 82 valence electrons. The van der Waals surface area contributed by atoms with Gasteiger partial charge in [0.05, 0.1) is 4.88 Å². The molecule has 0 bridgehead atoms. The van der Waals surface area contributed by atoms with Crippen LogP contribution in [0, 0.1) is 15.5 Å². The number of nitrogens with zero attached hydrogens (tertiary/aromatic N) is 3. The van der Waals surface area contributed by atoms with Crippen molar-refractivity contribution in [1.82, 2.24) is 15.3 Å². The lowest BCUT2D eigenvalue weighted by atomic mass is 10.5. The van der Waals surface area contributed by atoms with Gasteiger partial charge in [-0.3, -0.25) is 5.41 Å². The van der Waals surface area contributed by atoms with Crippen molar-refractivity contribution in [1.29, 1.82) is 5.41 Å². The third-order valence-corrected chi connectivity index (χ3v) is 2.98. The average Bonchev–Trinajstić information content (AvgIpc) is 2.59. The van der Waals surface area contributed by atoms with E-state index in [-0.39, 0.29) is 12.5 Å². The molecule has 0 aliphatic rings. The van der Waals surface area contributed by atoms with Crippen LogP contribution < -0.4 is 5.32 Å². The van der Waals surface area contributed by atoms with Gasteiger partial charge in [-0.1, -0.05) is 5.01 Å². The van der Waals surface area contributed by atoms with Gasteiger partial charge < -0.3 is 5.32 Å². The fraction of sp³-hybridized carbons (Fsp3) is 0.333. The quantitative estimate of drug-likeness (QED) is 0.376. The van der Waals surface area contributed by atoms with Crippen molar-refractivity contribution in [2.45, 2.75) is 6.54 Å². The number of nitro groups is 1. The highest BCUT2D eigenvalue weighted by Gasteiger charge is 2.21. The first kappa shape index (κ1) is 11.9. The normalized spacial score (nSPS) is 9.73. The van der Waals surface area contributed by atoms with Gasteiger partial charge in [-0.25, -0.2) is 15.1 Å². The fourth-order valence-electron chi connectivity index (χ4n) is 0.852. The molecule has 0 aliphatic heterocycles. The highest BCUT2D eigenvalue weighted by molar-refractivity contribution is 9.11. The largest absolute Gasteiger partial charge is 0.355 e. The number of hydrogen-bond donors (Lipinski definition) is 2. The molecule has 7 nitrogen and oxygen atoms in total. The molecule has 0 atom stereocenters. The number of thiazole rings is 1. The van der Waals surface area contributed by atoms with E-state index in [1.807, 2.05) is 0 Å². The highest BCUT2D eigenvalue weighted by Crippen LogP contribution is 2.19.